The van der Waals surface area contributed by atoms with Crippen molar-refractivity contribution < 1.29 is 0 Å². The summed E-state index contributed by atoms with van der Waals surface area (Å²) in [6.45, 7) is 12.5. The Kier molecular flexibility index (Phi) is 4.44. The van der Waals surface area contributed by atoms with E-state index in [0.29, 0.717) is 0 Å². The number of hydrogen-bond acceptors (Lipinski definition) is 2. The quantitative estimate of drug-likeness (QED) is 0.699. The van der Waals surface area contributed by atoms with Crippen molar-refractivity contribution in [1.29, 1.82) is 0 Å². The molecule has 0 aliphatic rings. The number of benzene rings is 1. The van der Waals surface area contributed by atoms with Gasteiger partial charge < -0.3 is 0 Å². The van der Waals surface area contributed by atoms with Gasteiger partial charge in [0.25, 0.3) is 0 Å². The van der Waals surface area contributed by atoms with Crippen LogP contribution in [0.2, 0.25) is 0 Å². The summed E-state index contributed by atoms with van der Waals surface area (Å²) in [4.78, 5) is 8.97. The van der Waals surface area contributed by atoms with Crippen LogP contribution in [-0.2, 0) is 0 Å². The average Bonchev–Trinajstić information content (AvgIpc) is 2.23. The van der Waals surface area contributed by atoms with Crippen LogP contribution >= 0.6 is 0 Å². The van der Waals surface area contributed by atoms with Crippen molar-refractivity contribution in [3.63, 3.8) is 0 Å². The third-order valence-electron chi connectivity index (χ3n) is 2.14. The van der Waals surface area contributed by atoms with Gasteiger partial charge in [0.05, 0.1) is 11.1 Å². The van der Waals surface area contributed by atoms with E-state index in [1.807, 2.05) is 12.4 Å². The molecule has 0 spiro atoms. The van der Waals surface area contributed by atoms with Gasteiger partial charge in [0.1, 0.15) is 0 Å². The van der Waals surface area contributed by atoms with Crippen LogP contribution in [0.3, 0.4) is 0 Å². The molecular formula is C16H24N2. The zero-order valence-corrected chi connectivity index (χ0v) is 12.4. The van der Waals surface area contributed by atoms with Crippen LogP contribution in [0.5, 0.6) is 0 Å². The Labute approximate surface area is 111 Å². The third-order valence-corrected chi connectivity index (χ3v) is 2.14. The topological polar surface area (TPSA) is 24.7 Å². The Morgan fingerprint density at radius 3 is 1.17 bits per heavy atom. The summed E-state index contributed by atoms with van der Waals surface area (Å²) in [6.07, 6.45) is 3.84. The highest BCUT2D eigenvalue weighted by molar-refractivity contribution is 5.84. The van der Waals surface area contributed by atoms with Crippen molar-refractivity contribution >= 4 is 12.4 Å². The molecule has 0 atom stereocenters. The highest BCUT2D eigenvalue weighted by Crippen LogP contribution is 2.09. The SMILES string of the molecule is CC(C)(C)N=Cc1ccc(C=NC(C)(C)C)cc1. The maximum absolute atomic E-state index is 4.48. The molecule has 1 aromatic carbocycles. The molecule has 0 radical (unpaired) electrons. The second kappa shape index (κ2) is 5.47. The Morgan fingerprint density at radius 1 is 0.667 bits per heavy atom. The van der Waals surface area contributed by atoms with Gasteiger partial charge in [-0.1, -0.05) is 24.3 Å². The Bertz CT molecular complexity index is 383. The Hall–Kier alpha value is -1.44. The molecule has 2 nitrogen and oxygen atoms in total. The molecule has 0 heterocycles. The summed E-state index contributed by atoms with van der Waals surface area (Å²) in [5.41, 5.74) is 2.20. The molecule has 0 saturated carbocycles. The predicted octanol–water partition coefficient (Wildman–Crippen LogP) is 4.12. The first-order valence-electron chi connectivity index (χ1n) is 6.36. The third kappa shape index (κ3) is 6.33. The minimum atomic E-state index is -0.0215. The fourth-order valence-corrected chi connectivity index (χ4v) is 1.20. The zero-order chi connectivity index (χ0) is 13.8. The van der Waals surface area contributed by atoms with E-state index in [4.69, 9.17) is 0 Å². The highest BCUT2D eigenvalue weighted by Gasteiger charge is 2.05. The van der Waals surface area contributed by atoms with E-state index in [-0.39, 0.29) is 11.1 Å². The van der Waals surface area contributed by atoms with Crippen molar-refractivity contribution in [2.75, 3.05) is 0 Å². The lowest BCUT2D eigenvalue weighted by Crippen LogP contribution is -2.10. The minimum Gasteiger partial charge on any atom is -0.287 e. The van der Waals surface area contributed by atoms with Gasteiger partial charge in [-0.15, -0.1) is 0 Å². The second-order valence-corrected chi connectivity index (χ2v) is 6.52. The van der Waals surface area contributed by atoms with E-state index in [1.165, 1.54) is 0 Å². The Morgan fingerprint density at radius 2 is 0.944 bits per heavy atom. The summed E-state index contributed by atoms with van der Waals surface area (Å²) < 4.78 is 0. The van der Waals surface area contributed by atoms with Crippen LogP contribution in [0, 0.1) is 0 Å². The summed E-state index contributed by atoms with van der Waals surface area (Å²) >= 11 is 0. The molecule has 0 saturated heterocycles. The maximum Gasteiger partial charge on any atom is 0.0524 e. The number of aliphatic imine (C=N–C) groups is 2. The highest BCUT2D eigenvalue weighted by atomic mass is 14.8. The number of hydrogen-bond donors (Lipinski definition) is 0. The maximum atomic E-state index is 4.48. The van der Waals surface area contributed by atoms with Gasteiger partial charge >= 0.3 is 0 Å². The molecule has 1 rings (SSSR count). The molecule has 0 aliphatic heterocycles. The van der Waals surface area contributed by atoms with Crippen LogP contribution in [-0.4, -0.2) is 23.5 Å². The van der Waals surface area contributed by atoms with E-state index in [2.05, 4.69) is 75.8 Å². The average molecular weight is 244 g/mol. The first-order chi connectivity index (χ1) is 8.16. The van der Waals surface area contributed by atoms with Crippen LogP contribution in [0.15, 0.2) is 34.3 Å². The molecule has 2 heteroatoms. The van der Waals surface area contributed by atoms with E-state index >= 15 is 0 Å². The summed E-state index contributed by atoms with van der Waals surface area (Å²) in [5.74, 6) is 0. The number of rotatable bonds is 2. The molecule has 98 valence electrons. The van der Waals surface area contributed by atoms with Crippen LogP contribution in [0.1, 0.15) is 52.7 Å². The van der Waals surface area contributed by atoms with Crippen LogP contribution in [0.4, 0.5) is 0 Å². The van der Waals surface area contributed by atoms with Gasteiger partial charge in [-0.05, 0) is 52.7 Å². The van der Waals surface area contributed by atoms with Crippen molar-refractivity contribution in [3.8, 4) is 0 Å². The Balaban J connectivity index is 2.75. The minimum absolute atomic E-state index is 0.0215. The number of nitrogens with zero attached hydrogens (tertiary/aromatic N) is 2. The molecule has 18 heavy (non-hydrogen) atoms. The molecule has 0 N–H and O–H groups in total. The summed E-state index contributed by atoms with van der Waals surface area (Å²) in [7, 11) is 0. The van der Waals surface area contributed by atoms with E-state index in [9.17, 15) is 0 Å². The van der Waals surface area contributed by atoms with E-state index < -0.39 is 0 Å². The van der Waals surface area contributed by atoms with Gasteiger partial charge in [0.15, 0.2) is 0 Å². The molecule has 1 aromatic rings. The predicted molar refractivity (Wildman–Crippen MR) is 81.1 cm³/mol. The van der Waals surface area contributed by atoms with Crippen molar-refractivity contribution in [2.24, 2.45) is 9.98 Å². The largest absolute Gasteiger partial charge is 0.287 e. The lowest BCUT2D eigenvalue weighted by molar-refractivity contribution is 0.586. The molecule has 0 aliphatic carbocycles. The zero-order valence-electron chi connectivity index (χ0n) is 12.4. The summed E-state index contributed by atoms with van der Waals surface area (Å²) in [5, 5.41) is 0. The van der Waals surface area contributed by atoms with Crippen LogP contribution in [0.25, 0.3) is 0 Å². The van der Waals surface area contributed by atoms with Gasteiger partial charge in [0, 0.05) is 12.4 Å². The fourth-order valence-electron chi connectivity index (χ4n) is 1.20. The first kappa shape index (κ1) is 14.6. The van der Waals surface area contributed by atoms with E-state index in [1.54, 1.807) is 0 Å². The summed E-state index contributed by atoms with van der Waals surface area (Å²) in [6, 6.07) is 8.27. The molecule has 0 unspecified atom stereocenters. The monoisotopic (exact) mass is 244 g/mol. The molecule has 0 aromatic heterocycles. The van der Waals surface area contributed by atoms with Gasteiger partial charge in [-0.2, -0.15) is 0 Å². The lowest BCUT2D eigenvalue weighted by atomic mass is 10.1. The molecule has 0 amide bonds. The van der Waals surface area contributed by atoms with Crippen molar-refractivity contribution in [3.05, 3.63) is 35.4 Å². The molecule has 0 fully saturated rings. The first-order valence-corrected chi connectivity index (χ1v) is 6.36. The second-order valence-electron chi connectivity index (χ2n) is 6.52. The fraction of sp³-hybridized carbons (Fsp3) is 0.500. The standard InChI is InChI=1S/C16H24N2/c1-15(2,3)17-11-13-7-9-14(10-8-13)12-18-16(4,5)6/h7-12H,1-6H3. The van der Waals surface area contributed by atoms with Crippen LogP contribution < -0.4 is 0 Å². The molecular weight excluding hydrogens is 220 g/mol. The van der Waals surface area contributed by atoms with Gasteiger partial charge in [-0.3, -0.25) is 9.98 Å². The van der Waals surface area contributed by atoms with E-state index in [0.717, 1.165) is 11.1 Å². The lowest BCUT2D eigenvalue weighted by Gasteiger charge is -2.11. The van der Waals surface area contributed by atoms with Gasteiger partial charge in [-0.25, -0.2) is 0 Å². The normalized spacial score (nSPS) is 13.7. The van der Waals surface area contributed by atoms with Crippen molar-refractivity contribution in [2.45, 2.75) is 52.6 Å². The molecule has 0 bridgehead atoms. The van der Waals surface area contributed by atoms with Gasteiger partial charge in [0.2, 0.25) is 0 Å². The van der Waals surface area contributed by atoms with Crippen molar-refractivity contribution in [1.82, 2.24) is 0 Å². The smallest absolute Gasteiger partial charge is 0.0524 e.